The molecule has 0 radical (unpaired) electrons. The highest BCUT2D eigenvalue weighted by atomic mass is 32.2. The van der Waals surface area contributed by atoms with Crippen molar-refractivity contribution in [1.82, 2.24) is 4.72 Å². The highest BCUT2D eigenvalue weighted by molar-refractivity contribution is 7.92. The molecule has 3 N–H and O–H groups in total. The van der Waals surface area contributed by atoms with Crippen LogP contribution in [-0.4, -0.2) is 33.9 Å². The molecule has 0 amide bonds. The standard InChI is InChI=1S/C13H20N2O4S2/c1-10-7-12(4-3-11(10)8-14)21(18,19)15-13(2)5-6-20(16,17)9-13/h3-4,7,15H,5-6,8-9,14H2,1-2H3. The van der Waals surface area contributed by atoms with E-state index >= 15 is 0 Å². The molecule has 1 unspecified atom stereocenters. The Hall–Kier alpha value is -0.960. The molecule has 1 aromatic carbocycles. The number of benzene rings is 1. The Balaban J connectivity index is 2.29. The second-order valence-corrected chi connectivity index (χ2v) is 9.67. The number of rotatable bonds is 4. The zero-order chi connectivity index (χ0) is 15.9. The Labute approximate surface area is 125 Å². The van der Waals surface area contributed by atoms with Gasteiger partial charge in [-0.25, -0.2) is 21.6 Å². The lowest BCUT2D eigenvalue weighted by Gasteiger charge is -2.23. The monoisotopic (exact) mass is 332 g/mol. The lowest BCUT2D eigenvalue weighted by Crippen LogP contribution is -2.46. The van der Waals surface area contributed by atoms with Gasteiger partial charge in [-0.1, -0.05) is 6.07 Å². The normalized spacial score (nSPS) is 25.1. The van der Waals surface area contributed by atoms with E-state index in [9.17, 15) is 16.8 Å². The van der Waals surface area contributed by atoms with Crippen LogP contribution >= 0.6 is 0 Å². The molecule has 0 saturated carbocycles. The number of sulfone groups is 1. The first-order chi connectivity index (χ1) is 9.57. The second kappa shape index (κ2) is 5.35. The molecule has 21 heavy (non-hydrogen) atoms. The summed E-state index contributed by atoms with van der Waals surface area (Å²) in [6, 6.07) is 4.72. The zero-order valence-corrected chi connectivity index (χ0v) is 13.7. The third-order valence-electron chi connectivity index (χ3n) is 3.73. The molecule has 1 saturated heterocycles. The first kappa shape index (κ1) is 16.4. The molecular weight excluding hydrogens is 312 g/mol. The third-order valence-corrected chi connectivity index (χ3v) is 7.27. The number of nitrogens with one attached hydrogen (secondary N) is 1. The van der Waals surface area contributed by atoms with Crippen LogP contribution in [0, 0.1) is 6.92 Å². The van der Waals surface area contributed by atoms with E-state index < -0.39 is 25.4 Å². The summed E-state index contributed by atoms with van der Waals surface area (Å²) in [5.74, 6) is -0.156. The van der Waals surface area contributed by atoms with Crippen molar-refractivity contribution in [1.29, 1.82) is 0 Å². The summed E-state index contributed by atoms with van der Waals surface area (Å²) < 4.78 is 50.5. The molecule has 0 spiro atoms. The minimum absolute atomic E-state index is 0.0111. The van der Waals surface area contributed by atoms with Crippen molar-refractivity contribution >= 4 is 19.9 Å². The van der Waals surface area contributed by atoms with Crippen molar-refractivity contribution in [3.8, 4) is 0 Å². The molecule has 0 bridgehead atoms. The van der Waals surface area contributed by atoms with Crippen molar-refractivity contribution in [2.24, 2.45) is 5.73 Å². The fraction of sp³-hybridized carbons (Fsp3) is 0.538. The van der Waals surface area contributed by atoms with Crippen LogP contribution in [0.1, 0.15) is 24.5 Å². The van der Waals surface area contributed by atoms with E-state index in [0.717, 1.165) is 11.1 Å². The molecule has 6 nitrogen and oxygen atoms in total. The molecule has 0 aromatic heterocycles. The van der Waals surface area contributed by atoms with Crippen molar-refractivity contribution in [2.45, 2.75) is 37.2 Å². The minimum atomic E-state index is -3.76. The van der Waals surface area contributed by atoms with E-state index in [1.54, 1.807) is 26.0 Å². The summed E-state index contributed by atoms with van der Waals surface area (Å²) in [6.07, 6.45) is 0.286. The Morgan fingerprint density at radius 3 is 2.52 bits per heavy atom. The Kier molecular flexibility index (Phi) is 4.18. The van der Waals surface area contributed by atoms with Crippen molar-refractivity contribution in [3.63, 3.8) is 0 Å². The van der Waals surface area contributed by atoms with Gasteiger partial charge >= 0.3 is 0 Å². The average Bonchev–Trinajstić information content (AvgIpc) is 2.62. The third kappa shape index (κ3) is 3.63. The number of aryl methyl sites for hydroxylation is 1. The highest BCUT2D eigenvalue weighted by Crippen LogP contribution is 2.25. The number of hydrogen-bond donors (Lipinski definition) is 2. The fourth-order valence-electron chi connectivity index (χ4n) is 2.54. The molecule has 1 fully saturated rings. The van der Waals surface area contributed by atoms with E-state index in [2.05, 4.69) is 4.72 Å². The van der Waals surface area contributed by atoms with Gasteiger partial charge in [0.15, 0.2) is 9.84 Å². The van der Waals surface area contributed by atoms with Crippen LogP contribution in [0.3, 0.4) is 0 Å². The van der Waals surface area contributed by atoms with Gasteiger partial charge in [0.05, 0.1) is 16.4 Å². The Morgan fingerprint density at radius 1 is 1.38 bits per heavy atom. The lowest BCUT2D eigenvalue weighted by molar-refractivity contribution is 0.461. The molecule has 118 valence electrons. The quantitative estimate of drug-likeness (QED) is 0.825. The summed E-state index contributed by atoms with van der Waals surface area (Å²) in [5, 5.41) is 0. The van der Waals surface area contributed by atoms with Crippen LogP contribution in [0.25, 0.3) is 0 Å². The molecule has 0 aliphatic carbocycles. The summed E-state index contributed by atoms with van der Waals surface area (Å²) in [5.41, 5.74) is 6.29. The predicted molar refractivity (Wildman–Crippen MR) is 81.1 cm³/mol. The van der Waals surface area contributed by atoms with Crippen LogP contribution in [0.4, 0.5) is 0 Å². The molecule has 1 heterocycles. The predicted octanol–water partition coefficient (Wildman–Crippen LogP) is 0.309. The molecule has 1 atom stereocenters. The van der Waals surface area contributed by atoms with Gasteiger partial charge in [-0.2, -0.15) is 0 Å². The fourth-order valence-corrected chi connectivity index (χ4v) is 6.24. The van der Waals surface area contributed by atoms with E-state index in [1.165, 1.54) is 6.07 Å². The van der Waals surface area contributed by atoms with E-state index in [1.807, 2.05) is 0 Å². The molecule has 8 heteroatoms. The van der Waals surface area contributed by atoms with Crippen LogP contribution < -0.4 is 10.5 Å². The Morgan fingerprint density at radius 2 is 2.05 bits per heavy atom. The van der Waals surface area contributed by atoms with Crippen LogP contribution in [0.15, 0.2) is 23.1 Å². The van der Waals surface area contributed by atoms with Gasteiger partial charge in [-0.05, 0) is 43.5 Å². The van der Waals surface area contributed by atoms with Crippen molar-refractivity contribution in [2.75, 3.05) is 11.5 Å². The van der Waals surface area contributed by atoms with Crippen molar-refractivity contribution < 1.29 is 16.8 Å². The summed E-state index contributed by atoms with van der Waals surface area (Å²) in [7, 11) is -6.93. The van der Waals surface area contributed by atoms with E-state index in [0.29, 0.717) is 6.54 Å². The van der Waals surface area contributed by atoms with Crippen LogP contribution in [0.2, 0.25) is 0 Å². The molecular formula is C13H20N2O4S2. The molecule has 2 rings (SSSR count). The maximum atomic E-state index is 12.4. The average molecular weight is 332 g/mol. The van der Waals surface area contributed by atoms with Gasteiger partial charge in [-0.15, -0.1) is 0 Å². The number of sulfonamides is 1. The minimum Gasteiger partial charge on any atom is -0.326 e. The highest BCUT2D eigenvalue weighted by Gasteiger charge is 2.41. The first-order valence-corrected chi connectivity index (χ1v) is 9.91. The lowest BCUT2D eigenvalue weighted by atomic mass is 10.0. The smallest absolute Gasteiger partial charge is 0.241 e. The van der Waals surface area contributed by atoms with Crippen LogP contribution in [0.5, 0.6) is 0 Å². The van der Waals surface area contributed by atoms with Gasteiger partial charge in [0.1, 0.15) is 0 Å². The largest absolute Gasteiger partial charge is 0.326 e. The number of nitrogens with two attached hydrogens (primary N) is 1. The first-order valence-electron chi connectivity index (χ1n) is 6.61. The van der Waals surface area contributed by atoms with Gasteiger partial charge in [-0.3, -0.25) is 0 Å². The van der Waals surface area contributed by atoms with Gasteiger partial charge < -0.3 is 5.73 Å². The SMILES string of the molecule is Cc1cc(S(=O)(=O)NC2(C)CCS(=O)(=O)C2)ccc1CN. The van der Waals surface area contributed by atoms with Crippen LogP contribution in [-0.2, 0) is 26.4 Å². The molecule has 1 aromatic rings. The summed E-state index contributed by atoms with van der Waals surface area (Å²) in [4.78, 5) is 0.128. The van der Waals surface area contributed by atoms with Gasteiger partial charge in [0.25, 0.3) is 0 Å². The second-order valence-electron chi connectivity index (χ2n) is 5.80. The van der Waals surface area contributed by atoms with Gasteiger partial charge in [0, 0.05) is 12.1 Å². The summed E-state index contributed by atoms with van der Waals surface area (Å²) >= 11 is 0. The van der Waals surface area contributed by atoms with E-state index in [-0.39, 0.29) is 22.8 Å². The van der Waals surface area contributed by atoms with Crippen molar-refractivity contribution in [3.05, 3.63) is 29.3 Å². The summed E-state index contributed by atoms with van der Waals surface area (Å²) in [6.45, 7) is 3.76. The topological polar surface area (TPSA) is 106 Å². The Bertz CT molecular complexity index is 756. The molecule has 1 aliphatic rings. The maximum absolute atomic E-state index is 12.4. The number of hydrogen-bond acceptors (Lipinski definition) is 5. The maximum Gasteiger partial charge on any atom is 0.241 e. The molecule has 1 aliphatic heterocycles. The van der Waals surface area contributed by atoms with E-state index in [4.69, 9.17) is 5.73 Å². The van der Waals surface area contributed by atoms with Gasteiger partial charge in [0.2, 0.25) is 10.0 Å². The zero-order valence-electron chi connectivity index (χ0n) is 12.1.